The second-order valence-electron chi connectivity index (χ2n) is 9.88. The SMILES string of the molecule is C[C@@H](C(=O)NC1CCCC1)N(Cc1ccccc1Cl)C(=O)CN(c1cccc([N+](=O)[O-])c1)S(=O)(=O)c1ccccc1. The van der Waals surface area contributed by atoms with Crippen LogP contribution >= 0.6 is 11.6 Å². The average molecular weight is 599 g/mol. The minimum Gasteiger partial charge on any atom is -0.352 e. The topological polar surface area (TPSA) is 130 Å². The predicted octanol–water partition coefficient (Wildman–Crippen LogP) is 4.92. The standard InChI is InChI=1S/C29H31ClN4O6S/c1-21(29(36)31-23-11-6-7-12-23)32(19-22-10-5-8-17-27(22)30)28(35)20-33(24-13-9-14-25(18-24)34(37)38)41(39,40)26-15-3-2-4-16-26/h2-5,8-10,13-18,21,23H,6-7,11-12,19-20H2,1H3,(H,31,36)/t21-/m0/s1. The zero-order chi connectivity index (χ0) is 29.6. The number of nitrogens with one attached hydrogen (secondary N) is 1. The van der Waals surface area contributed by atoms with Gasteiger partial charge >= 0.3 is 0 Å². The minimum atomic E-state index is -4.33. The fourth-order valence-electron chi connectivity index (χ4n) is 4.79. The molecule has 2 amide bonds. The maximum absolute atomic E-state index is 14.0. The van der Waals surface area contributed by atoms with E-state index in [0.717, 1.165) is 36.1 Å². The molecule has 3 aromatic rings. The van der Waals surface area contributed by atoms with Gasteiger partial charge in [-0.25, -0.2) is 8.42 Å². The van der Waals surface area contributed by atoms with Crippen LogP contribution in [-0.4, -0.2) is 48.7 Å². The van der Waals surface area contributed by atoms with Crippen molar-refractivity contribution in [3.8, 4) is 0 Å². The van der Waals surface area contributed by atoms with E-state index >= 15 is 0 Å². The van der Waals surface area contributed by atoms with E-state index in [1.807, 2.05) is 0 Å². The van der Waals surface area contributed by atoms with E-state index in [9.17, 15) is 28.1 Å². The zero-order valence-corrected chi connectivity index (χ0v) is 24.1. The number of benzene rings is 3. The number of non-ortho nitro benzene ring substituents is 1. The van der Waals surface area contributed by atoms with Gasteiger partial charge in [0.25, 0.3) is 15.7 Å². The van der Waals surface area contributed by atoms with Crippen LogP contribution in [0.4, 0.5) is 11.4 Å². The van der Waals surface area contributed by atoms with Crippen molar-refractivity contribution < 1.29 is 22.9 Å². The number of hydrogen-bond acceptors (Lipinski definition) is 6. The van der Waals surface area contributed by atoms with E-state index in [-0.39, 0.29) is 34.8 Å². The van der Waals surface area contributed by atoms with Crippen LogP contribution in [-0.2, 0) is 26.2 Å². The number of nitrogens with zero attached hydrogens (tertiary/aromatic N) is 3. The summed E-state index contributed by atoms with van der Waals surface area (Å²) in [5.41, 5.74) is 0.188. The second-order valence-corrected chi connectivity index (χ2v) is 12.2. The van der Waals surface area contributed by atoms with Crippen molar-refractivity contribution in [3.63, 3.8) is 0 Å². The molecule has 0 aliphatic heterocycles. The van der Waals surface area contributed by atoms with Crippen LogP contribution in [0.2, 0.25) is 5.02 Å². The van der Waals surface area contributed by atoms with Crippen molar-refractivity contribution in [1.29, 1.82) is 0 Å². The summed E-state index contributed by atoms with van der Waals surface area (Å²) in [4.78, 5) is 39.3. The van der Waals surface area contributed by atoms with Crippen molar-refractivity contribution in [2.24, 2.45) is 0 Å². The number of anilines is 1. The molecule has 1 saturated carbocycles. The number of carbonyl (C=O) groups is 2. The van der Waals surface area contributed by atoms with Gasteiger partial charge in [-0.2, -0.15) is 0 Å². The average Bonchev–Trinajstić information content (AvgIpc) is 3.48. The van der Waals surface area contributed by atoms with Crippen molar-refractivity contribution in [3.05, 3.63) is 99.6 Å². The molecular weight excluding hydrogens is 568 g/mol. The third-order valence-corrected chi connectivity index (χ3v) is 9.26. The number of hydrogen-bond donors (Lipinski definition) is 1. The van der Waals surface area contributed by atoms with Crippen molar-refractivity contribution in [1.82, 2.24) is 10.2 Å². The molecule has 0 saturated heterocycles. The molecule has 0 spiro atoms. The number of rotatable bonds is 11. The number of carbonyl (C=O) groups excluding carboxylic acids is 2. The van der Waals surface area contributed by atoms with Gasteiger partial charge in [-0.05, 0) is 49.6 Å². The highest BCUT2D eigenvalue weighted by atomic mass is 35.5. The zero-order valence-electron chi connectivity index (χ0n) is 22.5. The molecule has 1 atom stereocenters. The van der Waals surface area contributed by atoms with E-state index < -0.39 is 33.4 Å². The molecule has 1 N–H and O–H groups in total. The minimum absolute atomic E-state index is 0.0158. The van der Waals surface area contributed by atoms with Crippen LogP contribution < -0.4 is 9.62 Å². The summed E-state index contributed by atoms with van der Waals surface area (Å²) in [6.45, 7) is 0.832. The quantitative estimate of drug-likeness (QED) is 0.246. The molecule has 216 valence electrons. The summed E-state index contributed by atoms with van der Waals surface area (Å²) in [6, 6.07) is 18.5. The molecule has 0 radical (unpaired) electrons. The summed E-state index contributed by atoms with van der Waals surface area (Å²) < 4.78 is 28.4. The highest BCUT2D eigenvalue weighted by Crippen LogP contribution is 2.28. The van der Waals surface area contributed by atoms with E-state index in [0.29, 0.717) is 10.6 Å². The highest BCUT2D eigenvalue weighted by molar-refractivity contribution is 7.92. The van der Waals surface area contributed by atoms with Gasteiger partial charge in [0.1, 0.15) is 12.6 Å². The maximum Gasteiger partial charge on any atom is 0.271 e. The Labute approximate surface area is 244 Å². The van der Waals surface area contributed by atoms with Gasteiger partial charge in [-0.15, -0.1) is 0 Å². The first-order valence-corrected chi connectivity index (χ1v) is 15.0. The first kappa shape index (κ1) is 30.0. The van der Waals surface area contributed by atoms with Crippen molar-refractivity contribution in [2.75, 3.05) is 10.8 Å². The molecule has 1 fully saturated rings. The lowest BCUT2D eigenvalue weighted by atomic mass is 10.1. The number of sulfonamides is 1. The summed E-state index contributed by atoms with van der Waals surface area (Å²) in [6.07, 6.45) is 3.73. The number of halogens is 1. The van der Waals surface area contributed by atoms with Gasteiger partial charge < -0.3 is 10.2 Å². The fourth-order valence-corrected chi connectivity index (χ4v) is 6.42. The lowest BCUT2D eigenvalue weighted by Gasteiger charge is -2.32. The summed E-state index contributed by atoms with van der Waals surface area (Å²) >= 11 is 6.39. The van der Waals surface area contributed by atoms with Crippen LogP contribution in [0, 0.1) is 10.1 Å². The number of amides is 2. The molecule has 0 unspecified atom stereocenters. The molecule has 3 aromatic carbocycles. The normalized spacial score (nSPS) is 14.3. The van der Waals surface area contributed by atoms with Crippen LogP contribution in [0.5, 0.6) is 0 Å². The third-order valence-electron chi connectivity index (χ3n) is 7.11. The van der Waals surface area contributed by atoms with Gasteiger partial charge in [-0.3, -0.25) is 24.0 Å². The van der Waals surface area contributed by atoms with E-state index in [1.54, 1.807) is 49.4 Å². The van der Waals surface area contributed by atoms with E-state index in [2.05, 4.69) is 5.32 Å². The van der Waals surface area contributed by atoms with Gasteiger partial charge in [0.05, 0.1) is 15.5 Å². The first-order chi connectivity index (χ1) is 19.6. The van der Waals surface area contributed by atoms with E-state index in [4.69, 9.17) is 11.6 Å². The Morgan fingerprint density at radius 1 is 1.02 bits per heavy atom. The molecule has 41 heavy (non-hydrogen) atoms. The molecule has 12 heteroatoms. The van der Waals surface area contributed by atoms with Gasteiger partial charge in [-0.1, -0.05) is 66.9 Å². The van der Waals surface area contributed by atoms with E-state index in [1.165, 1.54) is 35.2 Å². The summed E-state index contributed by atoms with van der Waals surface area (Å²) in [5.74, 6) is -1.03. The maximum atomic E-state index is 14.0. The van der Waals surface area contributed by atoms with Crippen LogP contribution in [0.25, 0.3) is 0 Å². The van der Waals surface area contributed by atoms with Crippen LogP contribution in [0.15, 0.2) is 83.8 Å². The molecule has 1 aliphatic carbocycles. The van der Waals surface area contributed by atoms with Crippen LogP contribution in [0.1, 0.15) is 38.2 Å². The number of nitro groups is 1. The Morgan fingerprint density at radius 2 is 1.68 bits per heavy atom. The lowest BCUT2D eigenvalue weighted by molar-refractivity contribution is -0.384. The summed E-state index contributed by atoms with van der Waals surface area (Å²) in [7, 11) is -4.33. The molecule has 1 aliphatic rings. The molecule has 4 rings (SSSR count). The van der Waals surface area contributed by atoms with Gasteiger partial charge in [0.15, 0.2) is 0 Å². The summed E-state index contributed by atoms with van der Waals surface area (Å²) in [5, 5.41) is 14.9. The van der Waals surface area contributed by atoms with Crippen molar-refractivity contribution in [2.45, 2.75) is 56.1 Å². The molecule has 10 nitrogen and oxygen atoms in total. The third kappa shape index (κ3) is 7.22. The van der Waals surface area contributed by atoms with Gasteiger partial charge in [0.2, 0.25) is 11.8 Å². The second kappa shape index (κ2) is 13.1. The van der Waals surface area contributed by atoms with Gasteiger partial charge in [0, 0.05) is 29.7 Å². The smallest absolute Gasteiger partial charge is 0.271 e. The number of nitro benzene ring substituents is 1. The Morgan fingerprint density at radius 3 is 2.34 bits per heavy atom. The highest BCUT2D eigenvalue weighted by Gasteiger charge is 2.34. The molecular formula is C29H31ClN4O6S. The van der Waals surface area contributed by atoms with Crippen LogP contribution in [0.3, 0.4) is 0 Å². The Kier molecular flexibility index (Phi) is 9.61. The Bertz CT molecular complexity index is 1510. The molecule has 0 aromatic heterocycles. The Hall–Kier alpha value is -3.96. The predicted molar refractivity (Wildman–Crippen MR) is 156 cm³/mol. The largest absolute Gasteiger partial charge is 0.352 e. The first-order valence-electron chi connectivity index (χ1n) is 13.2. The Balaban J connectivity index is 1.72. The van der Waals surface area contributed by atoms with Crippen molar-refractivity contribution >= 4 is 44.8 Å². The molecule has 0 bridgehead atoms. The monoisotopic (exact) mass is 598 g/mol. The fraction of sp³-hybridized carbons (Fsp3) is 0.310. The lowest BCUT2D eigenvalue weighted by Crippen LogP contribution is -2.52. The molecule has 0 heterocycles.